The zero-order valence-electron chi connectivity index (χ0n) is 36.6. The van der Waals surface area contributed by atoms with Crippen LogP contribution in [0.25, 0.3) is 0 Å². The van der Waals surface area contributed by atoms with Crippen molar-refractivity contribution in [3.05, 3.63) is 24.3 Å². The van der Waals surface area contributed by atoms with E-state index in [1.54, 1.807) is 71.8 Å². The minimum absolute atomic E-state index is 0.0436. The summed E-state index contributed by atoms with van der Waals surface area (Å²) in [4.78, 5) is 65.1. The monoisotopic (exact) mass is 839 g/mol. The van der Waals surface area contributed by atoms with Crippen molar-refractivity contribution in [2.24, 2.45) is 17.8 Å². The van der Waals surface area contributed by atoms with Crippen molar-refractivity contribution in [3.63, 3.8) is 0 Å². The molecule has 16 heteroatoms. The topological polar surface area (TPSA) is 203 Å². The molecule has 15 unspecified atom stereocenters. The third-order valence-corrected chi connectivity index (χ3v) is 11.0. The van der Waals surface area contributed by atoms with Gasteiger partial charge in [-0.3, -0.25) is 19.2 Å². The quantitative estimate of drug-likeness (QED) is 0.164. The molecule has 59 heavy (non-hydrogen) atoms. The molecule has 0 radical (unpaired) electrons. The SMILES string of the molecule is COC1C(OC(C)=O)CC(=O)OC(C)CC=CC=CC(=O)C(C)CC(CC=O)CC1OC1OC(C)C(OC2CC(C)(O)C(OC(=O)CC(C)C)C(C)O2)C(N(C)C)C1O. The van der Waals surface area contributed by atoms with Gasteiger partial charge in [0.25, 0.3) is 0 Å². The summed E-state index contributed by atoms with van der Waals surface area (Å²) in [5.74, 6) is -2.77. The van der Waals surface area contributed by atoms with Crippen LogP contribution in [0.2, 0.25) is 0 Å². The Labute approximate surface area is 349 Å². The van der Waals surface area contributed by atoms with E-state index in [0.29, 0.717) is 12.8 Å². The smallest absolute Gasteiger partial charge is 0.309 e. The van der Waals surface area contributed by atoms with Gasteiger partial charge in [0, 0.05) is 45.6 Å². The second kappa shape index (κ2) is 23.2. The van der Waals surface area contributed by atoms with Crippen LogP contribution in [-0.4, -0.2) is 145 Å². The number of rotatable bonds is 12. The minimum atomic E-state index is -1.50. The van der Waals surface area contributed by atoms with Crippen LogP contribution in [0.1, 0.15) is 100 Å². The highest BCUT2D eigenvalue weighted by atomic mass is 16.7. The molecule has 3 rings (SSSR count). The number of ether oxygens (including phenoxy) is 8. The molecule has 0 amide bonds. The first-order chi connectivity index (χ1) is 27.7. The average Bonchev–Trinajstić information content (AvgIpc) is 3.10. The van der Waals surface area contributed by atoms with Gasteiger partial charge < -0.3 is 57.8 Å². The van der Waals surface area contributed by atoms with Gasteiger partial charge in [-0.2, -0.15) is 0 Å². The maximum Gasteiger partial charge on any atom is 0.309 e. The molecule has 16 nitrogen and oxygen atoms in total. The van der Waals surface area contributed by atoms with Crippen LogP contribution < -0.4 is 0 Å². The molecule has 3 aliphatic rings. The second-order valence-corrected chi connectivity index (χ2v) is 17.2. The normalized spacial score (nSPS) is 38.1. The lowest BCUT2D eigenvalue weighted by Gasteiger charge is -2.50. The fourth-order valence-electron chi connectivity index (χ4n) is 8.16. The number of carbonyl (C=O) groups is 5. The minimum Gasteiger partial charge on any atom is -0.462 e. The molecule has 0 aliphatic carbocycles. The van der Waals surface area contributed by atoms with Gasteiger partial charge in [-0.15, -0.1) is 0 Å². The maximum absolute atomic E-state index is 13.2. The van der Waals surface area contributed by atoms with Crippen LogP contribution in [0.4, 0.5) is 0 Å². The highest BCUT2D eigenvalue weighted by molar-refractivity contribution is 5.91. The van der Waals surface area contributed by atoms with E-state index in [1.165, 1.54) is 20.1 Å². The van der Waals surface area contributed by atoms with Crippen molar-refractivity contribution < 1.29 is 72.1 Å². The van der Waals surface area contributed by atoms with Crippen LogP contribution in [0.5, 0.6) is 0 Å². The predicted octanol–water partition coefficient (Wildman–Crippen LogP) is 3.61. The molecule has 336 valence electrons. The number of allylic oxidation sites excluding steroid dienone is 3. The molecule has 0 saturated carbocycles. The Hall–Kier alpha value is -3.09. The number of aliphatic hydroxyl groups excluding tert-OH is 1. The van der Waals surface area contributed by atoms with Crippen molar-refractivity contribution in [3.8, 4) is 0 Å². The van der Waals surface area contributed by atoms with E-state index in [9.17, 15) is 34.2 Å². The first-order valence-corrected chi connectivity index (χ1v) is 20.8. The van der Waals surface area contributed by atoms with Crippen molar-refractivity contribution in [1.82, 2.24) is 4.90 Å². The highest BCUT2D eigenvalue weighted by Crippen LogP contribution is 2.37. The summed E-state index contributed by atoms with van der Waals surface area (Å²) < 4.78 is 48.5. The standard InChI is InChI=1S/C43H69NO15/c1-24(2)19-34(48)58-41-28(6)54-36(23-43(41,8)51)59-39-27(5)55-42(38(50)37(39)44(9)10)57-32-21-30(17-18-45)20-25(3)31(47)16-14-12-13-15-26(4)53-35(49)22-33(40(32)52-11)56-29(7)46/h12-14,16,18,24-28,30,32-33,36-42,50-51H,15,17,19-23H2,1-11H3. The Morgan fingerprint density at radius 2 is 1.69 bits per heavy atom. The largest absolute Gasteiger partial charge is 0.462 e. The number of hydrogen-bond donors (Lipinski definition) is 2. The number of methoxy groups -OCH3 is 1. The summed E-state index contributed by atoms with van der Waals surface area (Å²) in [5, 5.41) is 23.5. The summed E-state index contributed by atoms with van der Waals surface area (Å²) in [6.07, 6.45) is -2.98. The zero-order chi connectivity index (χ0) is 44.2. The molecule has 15 atom stereocenters. The number of aliphatic hydroxyl groups is 2. The zero-order valence-corrected chi connectivity index (χ0v) is 36.6. The van der Waals surface area contributed by atoms with Gasteiger partial charge >= 0.3 is 17.9 Å². The van der Waals surface area contributed by atoms with Crippen molar-refractivity contribution in [1.29, 1.82) is 0 Å². The Bertz CT molecular complexity index is 1450. The predicted molar refractivity (Wildman–Crippen MR) is 213 cm³/mol. The molecule has 3 heterocycles. The molecule has 2 saturated heterocycles. The molecule has 2 fully saturated rings. The number of likely N-dealkylation sites (N-methyl/N-ethyl adjacent to an activating group) is 1. The molecule has 0 spiro atoms. The number of hydrogen-bond acceptors (Lipinski definition) is 16. The van der Waals surface area contributed by atoms with E-state index in [2.05, 4.69) is 0 Å². The fourth-order valence-corrected chi connectivity index (χ4v) is 8.16. The number of esters is 3. The van der Waals surface area contributed by atoms with Crippen molar-refractivity contribution in [2.45, 2.75) is 179 Å². The number of cyclic esters (lactones) is 1. The third kappa shape index (κ3) is 15.1. The van der Waals surface area contributed by atoms with Gasteiger partial charge in [-0.05, 0) is 72.5 Å². The summed E-state index contributed by atoms with van der Waals surface area (Å²) in [7, 11) is 4.87. The molecular weight excluding hydrogens is 770 g/mol. The maximum atomic E-state index is 13.2. The highest BCUT2D eigenvalue weighted by Gasteiger charge is 2.52. The van der Waals surface area contributed by atoms with Gasteiger partial charge in [0.1, 0.15) is 42.4 Å². The molecule has 3 aliphatic heterocycles. The number of aldehydes is 1. The molecular formula is C43H69NO15. The Morgan fingerprint density at radius 3 is 2.29 bits per heavy atom. The first-order valence-electron chi connectivity index (χ1n) is 20.8. The van der Waals surface area contributed by atoms with E-state index in [4.69, 9.17) is 37.9 Å². The molecule has 0 aromatic carbocycles. The van der Waals surface area contributed by atoms with E-state index in [1.807, 2.05) is 13.8 Å². The van der Waals surface area contributed by atoms with E-state index < -0.39 is 109 Å². The summed E-state index contributed by atoms with van der Waals surface area (Å²) in [6, 6.07) is -0.769. The molecule has 0 aromatic heterocycles. The number of ketones is 1. The van der Waals surface area contributed by atoms with Crippen LogP contribution in [-0.2, 0) is 61.9 Å². The summed E-state index contributed by atoms with van der Waals surface area (Å²) >= 11 is 0. The van der Waals surface area contributed by atoms with Crippen LogP contribution in [0.3, 0.4) is 0 Å². The summed E-state index contributed by atoms with van der Waals surface area (Å²) in [6.45, 7) is 13.5. The van der Waals surface area contributed by atoms with Gasteiger partial charge in [0.15, 0.2) is 24.5 Å². The van der Waals surface area contributed by atoms with Gasteiger partial charge in [-0.1, -0.05) is 39.0 Å². The van der Waals surface area contributed by atoms with E-state index in [0.717, 1.165) is 6.29 Å². The fraction of sp³-hybridized carbons (Fsp3) is 0.791. The van der Waals surface area contributed by atoms with Crippen molar-refractivity contribution in [2.75, 3.05) is 21.2 Å². The van der Waals surface area contributed by atoms with Crippen LogP contribution >= 0.6 is 0 Å². The Balaban J connectivity index is 1.95. The molecule has 0 bridgehead atoms. The lowest BCUT2D eigenvalue weighted by atomic mass is 9.85. The van der Waals surface area contributed by atoms with Gasteiger partial charge in [0.2, 0.25) is 0 Å². The second-order valence-electron chi connectivity index (χ2n) is 17.2. The number of carbonyl (C=O) groups excluding carboxylic acids is 5. The first kappa shape index (κ1) is 50.3. The third-order valence-electron chi connectivity index (χ3n) is 11.0. The van der Waals surface area contributed by atoms with Crippen molar-refractivity contribution >= 4 is 30.0 Å². The van der Waals surface area contributed by atoms with Gasteiger partial charge in [0.05, 0.1) is 30.8 Å². The lowest BCUT2D eigenvalue weighted by molar-refractivity contribution is -0.342. The molecule has 0 aromatic rings. The lowest BCUT2D eigenvalue weighted by Crippen LogP contribution is -2.65. The Kier molecular flexibility index (Phi) is 19.8. The average molecular weight is 840 g/mol. The Morgan fingerprint density at radius 1 is 1.00 bits per heavy atom. The van der Waals surface area contributed by atoms with Crippen LogP contribution in [0.15, 0.2) is 24.3 Å². The van der Waals surface area contributed by atoms with Crippen LogP contribution in [0, 0.1) is 17.8 Å². The van der Waals surface area contributed by atoms with E-state index in [-0.39, 0.29) is 43.8 Å². The van der Waals surface area contributed by atoms with E-state index >= 15 is 0 Å². The number of nitrogens with zero attached hydrogens (tertiary/aromatic N) is 1. The molecule has 2 N–H and O–H groups in total. The van der Waals surface area contributed by atoms with Gasteiger partial charge in [-0.25, -0.2) is 0 Å². The summed E-state index contributed by atoms with van der Waals surface area (Å²) in [5.41, 5.74) is -1.50.